The van der Waals surface area contributed by atoms with E-state index >= 15 is 0 Å². The van der Waals surface area contributed by atoms with Crippen LogP contribution < -0.4 is 14.9 Å². The van der Waals surface area contributed by atoms with Gasteiger partial charge in [0.05, 0.1) is 19.4 Å². The van der Waals surface area contributed by atoms with E-state index in [2.05, 4.69) is 36.8 Å². The third-order valence-corrected chi connectivity index (χ3v) is 4.30. The minimum atomic E-state index is 0.0678. The van der Waals surface area contributed by atoms with E-state index in [0.717, 1.165) is 27.5 Å². The number of aryl methyl sites for hydroxylation is 1. The zero-order valence-electron chi connectivity index (χ0n) is 16.7. The van der Waals surface area contributed by atoms with Crippen LogP contribution in [0.25, 0.3) is 22.1 Å². The molecule has 2 N–H and O–H groups in total. The molecular formula is C21H22N6O2. The summed E-state index contributed by atoms with van der Waals surface area (Å²) in [5.74, 6) is 1.65. The summed E-state index contributed by atoms with van der Waals surface area (Å²) >= 11 is 0. The molecule has 0 aliphatic heterocycles. The van der Waals surface area contributed by atoms with Crippen LogP contribution in [0.5, 0.6) is 11.5 Å². The van der Waals surface area contributed by atoms with E-state index in [1.807, 2.05) is 51.1 Å². The second kappa shape index (κ2) is 7.75. The van der Waals surface area contributed by atoms with Gasteiger partial charge in [0, 0.05) is 10.9 Å². The number of nitrogens with one attached hydrogen (secondary N) is 2. The van der Waals surface area contributed by atoms with Crippen molar-refractivity contribution in [2.75, 3.05) is 12.5 Å². The molecule has 2 heterocycles. The normalized spacial score (nSPS) is 11.6. The van der Waals surface area contributed by atoms with Gasteiger partial charge in [-0.2, -0.15) is 10.1 Å². The molecule has 0 unspecified atom stereocenters. The molecule has 148 valence electrons. The Kier molecular flexibility index (Phi) is 4.99. The topological polar surface area (TPSA) is 97.3 Å². The number of benzene rings is 2. The van der Waals surface area contributed by atoms with Crippen LogP contribution in [0.4, 0.5) is 5.95 Å². The fourth-order valence-corrected chi connectivity index (χ4v) is 3.01. The third kappa shape index (κ3) is 3.96. The standard InChI is InChI=1S/C21H22N6O2/c1-12(2)29-17-8-6-14(10-18(17)28-4)11-22-26-21-24-20-19(25-27-21)15-9-13(3)5-7-16(15)23-20/h5-12H,1-4H3,(H2,23,24,26,27)/b22-11+. The van der Waals surface area contributed by atoms with Crippen molar-refractivity contribution in [2.45, 2.75) is 26.9 Å². The molecular weight excluding hydrogens is 368 g/mol. The lowest BCUT2D eigenvalue weighted by molar-refractivity contribution is 0.230. The Labute approximate surface area is 168 Å². The maximum atomic E-state index is 5.72. The van der Waals surface area contributed by atoms with Crippen LogP contribution in [0, 0.1) is 6.92 Å². The molecule has 0 saturated carbocycles. The molecule has 0 fully saturated rings. The van der Waals surface area contributed by atoms with Gasteiger partial charge in [-0.1, -0.05) is 11.6 Å². The fourth-order valence-electron chi connectivity index (χ4n) is 3.01. The second-order valence-corrected chi connectivity index (χ2v) is 6.95. The first-order valence-corrected chi connectivity index (χ1v) is 9.30. The van der Waals surface area contributed by atoms with Crippen LogP contribution in [0.1, 0.15) is 25.0 Å². The maximum Gasteiger partial charge on any atom is 0.265 e. The number of methoxy groups -OCH3 is 1. The van der Waals surface area contributed by atoms with E-state index in [-0.39, 0.29) is 6.10 Å². The van der Waals surface area contributed by atoms with Gasteiger partial charge in [0.1, 0.15) is 5.52 Å². The first kappa shape index (κ1) is 18.7. The number of aromatic nitrogens is 4. The monoisotopic (exact) mass is 390 g/mol. The zero-order valence-corrected chi connectivity index (χ0v) is 16.7. The highest BCUT2D eigenvalue weighted by Gasteiger charge is 2.09. The number of fused-ring (bicyclic) bond motifs is 3. The Balaban J connectivity index is 1.53. The molecule has 8 nitrogen and oxygen atoms in total. The van der Waals surface area contributed by atoms with Gasteiger partial charge in [-0.3, -0.25) is 0 Å². The highest BCUT2D eigenvalue weighted by atomic mass is 16.5. The van der Waals surface area contributed by atoms with Crippen LogP contribution in [-0.2, 0) is 0 Å². The quantitative estimate of drug-likeness (QED) is 0.381. The maximum absolute atomic E-state index is 5.72. The van der Waals surface area contributed by atoms with Gasteiger partial charge in [0.25, 0.3) is 5.95 Å². The second-order valence-electron chi connectivity index (χ2n) is 6.95. The molecule has 0 atom stereocenters. The molecule has 4 aromatic rings. The highest BCUT2D eigenvalue weighted by molar-refractivity contribution is 6.03. The summed E-state index contributed by atoms with van der Waals surface area (Å²) < 4.78 is 11.1. The number of aromatic amines is 1. The molecule has 0 aliphatic carbocycles. The molecule has 0 bridgehead atoms. The largest absolute Gasteiger partial charge is 0.493 e. The first-order valence-electron chi connectivity index (χ1n) is 9.30. The molecule has 29 heavy (non-hydrogen) atoms. The number of rotatable bonds is 6. The first-order chi connectivity index (χ1) is 14.0. The van der Waals surface area contributed by atoms with Crippen LogP contribution in [0.3, 0.4) is 0 Å². The van der Waals surface area contributed by atoms with Gasteiger partial charge in [-0.05, 0) is 56.7 Å². The van der Waals surface area contributed by atoms with E-state index in [4.69, 9.17) is 9.47 Å². The van der Waals surface area contributed by atoms with Crippen molar-refractivity contribution in [3.05, 3.63) is 47.5 Å². The summed E-state index contributed by atoms with van der Waals surface area (Å²) in [6.07, 6.45) is 1.72. The van der Waals surface area contributed by atoms with E-state index in [1.54, 1.807) is 13.3 Å². The summed E-state index contributed by atoms with van der Waals surface area (Å²) in [5, 5.41) is 13.6. The summed E-state index contributed by atoms with van der Waals surface area (Å²) in [6, 6.07) is 11.7. The molecule has 4 rings (SSSR count). The predicted molar refractivity (Wildman–Crippen MR) is 114 cm³/mol. The Morgan fingerprint density at radius 2 is 1.97 bits per heavy atom. The fraction of sp³-hybridized carbons (Fsp3) is 0.238. The smallest absolute Gasteiger partial charge is 0.265 e. The number of hydrogen-bond donors (Lipinski definition) is 2. The third-order valence-electron chi connectivity index (χ3n) is 4.30. The van der Waals surface area contributed by atoms with Crippen LogP contribution in [0.2, 0.25) is 0 Å². The predicted octanol–water partition coefficient (Wildman–Crippen LogP) is 4.06. The lowest BCUT2D eigenvalue weighted by Crippen LogP contribution is -2.06. The molecule has 2 aromatic heterocycles. The van der Waals surface area contributed by atoms with Crippen molar-refractivity contribution in [3.8, 4) is 11.5 Å². The minimum absolute atomic E-state index is 0.0678. The molecule has 8 heteroatoms. The summed E-state index contributed by atoms with van der Waals surface area (Å²) in [7, 11) is 1.61. The van der Waals surface area contributed by atoms with Gasteiger partial charge < -0.3 is 14.5 Å². The average molecular weight is 390 g/mol. The number of hydrogen-bond acceptors (Lipinski definition) is 7. The van der Waals surface area contributed by atoms with Crippen LogP contribution >= 0.6 is 0 Å². The van der Waals surface area contributed by atoms with E-state index in [1.165, 1.54) is 0 Å². The summed E-state index contributed by atoms with van der Waals surface area (Å²) in [6.45, 7) is 5.98. The number of ether oxygens (including phenoxy) is 2. The summed E-state index contributed by atoms with van der Waals surface area (Å²) in [4.78, 5) is 7.71. The van der Waals surface area contributed by atoms with Crippen molar-refractivity contribution in [2.24, 2.45) is 5.10 Å². The van der Waals surface area contributed by atoms with Crippen molar-refractivity contribution in [3.63, 3.8) is 0 Å². The van der Waals surface area contributed by atoms with Crippen LogP contribution in [-0.4, -0.2) is 39.6 Å². The Bertz CT molecular complexity index is 1200. The Morgan fingerprint density at radius 1 is 1.10 bits per heavy atom. The van der Waals surface area contributed by atoms with Gasteiger partial charge in [-0.25, -0.2) is 5.43 Å². The Hall–Kier alpha value is -3.68. The lowest BCUT2D eigenvalue weighted by atomic mass is 10.2. The molecule has 0 aliphatic rings. The van der Waals surface area contributed by atoms with E-state index in [0.29, 0.717) is 23.1 Å². The van der Waals surface area contributed by atoms with Gasteiger partial charge in [0.15, 0.2) is 17.1 Å². The average Bonchev–Trinajstić information content (AvgIpc) is 3.05. The molecule has 2 aromatic carbocycles. The summed E-state index contributed by atoms with van der Waals surface area (Å²) in [5.41, 5.74) is 7.20. The van der Waals surface area contributed by atoms with E-state index < -0.39 is 0 Å². The number of H-pyrrole nitrogens is 1. The van der Waals surface area contributed by atoms with Gasteiger partial charge >= 0.3 is 0 Å². The van der Waals surface area contributed by atoms with Crippen molar-refractivity contribution >= 4 is 34.2 Å². The minimum Gasteiger partial charge on any atom is -0.493 e. The van der Waals surface area contributed by atoms with Crippen molar-refractivity contribution < 1.29 is 9.47 Å². The van der Waals surface area contributed by atoms with Crippen molar-refractivity contribution in [1.29, 1.82) is 0 Å². The SMILES string of the molecule is COc1cc(/C=N/Nc2nnc3c(n2)[nH]c2ccc(C)cc23)ccc1OC(C)C. The van der Waals surface area contributed by atoms with Crippen molar-refractivity contribution in [1.82, 2.24) is 20.2 Å². The van der Waals surface area contributed by atoms with Crippen LogP contribution in [0.15, 0.2) is 41.5 Å². The number of anilines is 1. The molecule has 0 saturated heterocycles. The Morgan fingerprint density at radius 3 is 2.76 bits per heavy atom. The molecule has 0 spiro atoms. The van der Waals surface area contributed by atoms with Gasteiger partial charge in [-0.15, -0.1) is 10.2 Å². The highest BCUT2D eigenvalue weighted by Crippen LogP contribution is 2.28. The molecule has 0 amide bonds. The number of nitrogens with zero attached hydrogens (tertiary/aromatic N) is 4. The molecule has 0 radical (unpaired) electrons. The number of hydrazone groups is 1. The van der Waals surface area contributed by atoms with Gasteiger partial charge in [0.2, 0.25) is 0 Å². The van der Waals surface area contributed by atoms with E-state index in [9.17, 15) is 0 Å². The lowest BCUT2D eigenvalue weighted by Gasteiger charge is -2.13. The zero-order chi connectivity index (χ0) is 20.4.